The zero-order chi connectivity index (χ0) is 17.6. The second-order valence-electron chi connectivity index (χ2n) is 6.03. The maximum atomic E-state index is 13.2. The second-order valence-corrected chi connectivity index (χ2v) is 6.03. The summed E-state index contributed by atoms with van der Waals surface area (Å²) in [6.45, 7) is 2.60. The fourth-order valence-electron chi connectivity index (χ4n) is 2.99. The van der Waals surface area contributed by atoms with Crippen LogP contribution in [-0.2, 0) is 11.3 Å². The molecule has 140 valence electrons. The summed E-state index contributed by atoms with van der Waals surface area (Å²) >= 11 is 0. The zero-order valence-electron chi connectivity index (χ0n) is 14.1. The quantitative estimate of drug-likeness (QED) is 0.831. The van der Waals surface area contributed by atoms with Gasteiger partial charge < -0.3 is 10.6 Å². The van der Waals surface area contributed by atoms with Gasteiger partial charge in [0.05, 0.1) is 6.54 Å². The van der Waals surface area contributed by atoms with E-state index >= 15 is 0 Å². The minimum atomic E-state index is -0.650. The van der Waals surface area contributed by atoms with Gasteiger partial charge in [0.1, 0.15) is 11.6 Å². The minimum Gasteiger partial charge on any atom is -0.351 e. The highest BCUT2D eigenvalue weighted by Crippen LogP contribution is 2.20. The van der Waals surface area contributed by atoms with Gasteiger partial charge >= 0.3 is 0 Å². The maximum Gasteiger partial charge on any atom is 0.234 e. The van der Waals surface area contributed by atoms with E-state index in [4.69, 9.17) is 0 Å². The second kappa shape index (κ2) is 9.56. The van der Waals surface area contributed by atoms with Crippen molar-refractivity contribution >= 4 is 18.3 Å². The molecule has 1 unspecified atom stereocenters. The van der Waals surface area contributed by atoms with Crippen LogP contribution < -0.4 is 10.6 Å². The van der Waals surface area contributed by atoms with E-state index in [1.165, 1.54) is 12.1 Å². The molecule has 2 aromatic rings. The number of amides is 1. The van der Waals surface area contributed by atoms with E-state index in [1.54, 1.807) is 12.4 Å². The van der Waals surface area contributed by atoms with Crippen LogP contribution in [0.4, 0.5) is 8.78 Å². The van der Waals surface area contributed by atoms with Gasteiger partial charge in [0, 0.05) is 50.7 Å². The molecular formula is C18H21ClF2N4O. The fraction of sp³-hybridized carbons (Fsp3) is 0.333. The molecule has 3 rings (SSSR count). The summed E-state index contributed by atoms with van der Waals surface area (Å²) in [5, 5.41) is 6.05. The van der Waals surface area contributed by atoms with E-state index in [1.807, 2.05) is 12.1 Å². The molecule has 1 fully saturated rings. The number of carbonyl (C=O) groups is 1. The molecule has 1 aliphatic rings. The lowest BCUT2D eigenvalue weighted by atomic mass is 10.1. The number of carbonyl (C=O) groups excluding carboxylic acids is 1. The molecule has 1 aliphatic heterocycles. The lowest BCUT2D eigenvalue weighted by molar-refractivity contribution is -0.123. The Kier molecular flexibility index (Phi) is 7.44. The lowest BCUT2D eigenvalue weighted by Gasteiger charge is -2.35. The number of piperazine rings is 1. The predicted molar refractivity (Wildman–Crippen MR) is 96.9 cm³/mol. The van der Waals surface area contributed by atoms with Gasteiger partial charge in [0.2, 0.25) is 5.91 Å². The van der Waals surface area contributed by atoms with Crippen molar-refractivity contribution in [1.82, 2.24) is 20.5 Å². The van der Waals surface area contributed by atoms with Crippen LogP contribution in [0.25, 0.3) is 0 Å². The van der Waals surface area contributed by atoms with Gasteiger partial charge in [-0.15, -0.1) is 12.4 Å². The first kappa shape index (κ1) is 20.2. The van der Waals surface area contributed by atoms with Crippen LogP contribution in [0.15, 0.2) is 42.7 Å². The van der Waals surface area contributed by atoms with Crippen molar-refractivity contribution < 1.29 is 13.6 Å². The molecule has 0 radical (unpaired) electrons. The van der Waals surface area contributed by atoms with Gasteiger partial charge in [0.15, 0.2) is 0 Å². The van der Waals surface area contributed by atoms with Crippen molar-refractivity contribution in [1.29, 1.82) is 0 Å². The summed E-state index contributed by atoms with van der Waals surface area (Å²) < 4.78 is 26.4. The summed E-state index contributed by atoms with van der Waals surface area (Å²) in [7, 11) is 0. The number of hydrogen-bond acceptors (Lipinski definition) is 4. The van der Waals surface area contributed by atoms with Crippen molar-refractivity contribution in [3.63, 3.8) is 0 Å². The van der Waals surface area contributed by atoms with Crippen LogP contribution in [0.1, 0.15) is 17.2 Å². The summed E-state index contributed by atoms with van der Waals surface area (Å²) in [6.07, 6.45) is 3.52. The Balaban J connectivity index is 0.00000243. The first-order valence-corrected chi connectivity index (χ1v) is 8.18. The molecule has 0 bridgehead atoms. The minimum absolute atomic E-state index is 0. The Morgan fingerprint density at radius 2 is 2.08 bits per heavy atom. The number of rotatable bonds is 5. The standard InChI is InChI=1S/C18H20F2N4O.ClH/c19-15-6-13(7-16(20)8-15)9-23-18(25)12-24-5-4-22-11-17(24)14-2-1-3-21-10-14;/h1-3,6-8,10,17,22H,4-5,9,11-12H2,(H,23,25);1H. The summed E-state index contributed by atoms with van der Waals surface area (Å²) in [6, 6.07) is 7.18. The summed E-state index contributed by atoms with van der Waals surface area (Å²) in [5.74, 6) is -1.48. The van der Waals surface area contributed by atoms with E-state index in [0.29, 0.717) is 5.56 Å². The Hall–Kier alpha value is -2.09. The van der Waals surface area contributed by atoms with E-state index in [0.717, 1.165) is 31.3 Å². The molecule has 1 saturated heterocycles. The average molecular weight is 383 g/mol. The highest BCUT2D eigenvalue weighted by Gasteiger charge is 2.25. The van der Waals surface area contributed by atoms with E-state index < -0.39 is 11.6 Å². The maximum absolute atomic E-state index is 13.2. The van der Waals surface area contributed by atoms with Crippen molar-refractivity contribution in [2.45, 2.75) is 12.6 Å². The van der Waals surface area contributed by atoms with Crippen LogP contribution >= 0.6 is 12.4 Å². The SMILES string of the molecule is Cl.O=C(CN1CCNCC1c1cccnc1)NCc1cc(F)cc(F)c1. The number of pyridine rings is 1. The molecule has 2 heterocycles. The molecule has 26 heavy (non-hydrogen) atoms. The van der Waals surface area contributed by atoms with Crippen LogP contribution in [0.5, 0.6) is 0 Å². The first-order valence-electron chi connectivity index (χ1n) is 8.18. The molecule has 1 aromatic heterocycles. The van der Waals surface area contributed by atoms with Crippen molar-refractivity contribution in [2.75, 3.05) is 26.2 Å². The Bertz CT molecular complexity index is 712. The zero-order valence-corrected chi connectivity index (χ0v) is 14.9. The third-order valence-corrected chi connectivity index (χ3v) is 4.18. The monoisotopic (exact) mass is 382 g/mol. The highest BCUT2D eigenvalue weighted by atomic mass is 35.5. The topological polar surface area (TPSA) is 57.3 Å². The molecule has 1 amide bonds. The van der Waals surface area contributed by atoms with Crippen molar-refractivity contribution in [3.8, 4) is 0 Å². The molecule has 5 nitrogen and oxygen atoms in total. The lowest BCUT2D eigenvalue weighted by Crippen LogP contribution is -2.49. The van der Waals surface area contributed by atoms with Crippen LogP contribution in [0.3, 0.4) is 0 Å². The van der Waals surface area contributed by atoms with Gasteiger partial charge in [0.25, 0.3) is 0 Å². The number of benzene rings is 1. The van der Waals surface area contributed by atoms with Crippen molar-refractivity contribution in [2.24, 2.45) is 0 Å². The molecular weight excluding hydrogens is 362 g/mol. The Morgan fingerprint density at radius 1 is 1.31 bits per heavy atom. The molecule has 1 atom stereocenters. The Labute approximate surface area is 157 Å². The summed E-state index contributed by atoms with van der Waals surface area (Å²) in [5.41, 5.74) is 1.45. The molecule has 1 aromatic carbocycles. The normalized spacial score (nSPS) is 17.4. The van der Waals surface area contributed by atoms with Gasteiger partial charge in [-0.2, -0.15) is 0 Å². The van der Waals surface area contributed by atoms with Gasteiger partial charge in [-0.3, -0.25) is 14.7 Å². The van der Waals surface area contributed by atoms with E-state index in [9.17, 15) is 13.6 Å². The number of hydrogen-bond donors (Lipinski definition) is 2. The molecule has 0 aliphatic carbocycles. The molecule has 0 saturated carbocycles. The smallest absolute Gasteiger partial charge is 0.234 e. The molecule has 8 heteroatoms. The molecule has 2 N–H and O–H groups in total. The highest BCUT2D eigenvalue weighted by molar-refractivity contribution is 5.85. The van der Waals surface area contributed by atoms with Gasteiger partial charge in [-0.25, -0.2) is 8.78 Å². The van der Waals surface area contributed by atoms with Crippen LogP contribution in [0.2, 0.25) is 0 Å². The largest absolute Gasteiger partial charge is 0.351 e. The number of aromatic nitrogens is 1. The molecule has 0 spiro atoms. The van der Waals surface area contributed by atoms with Crippen LogP contribution in [0, 0.1) is 11.6 Å². The summed E-state index contributed by atoms with van der Waals surface area (Å²) in [4.78, 5) is 18.5. The van der Waals surface area contributed by atoms with Crippen molar-refractivity contribution in [3.05, 3.63) is 65.5 Å². The fourth-order valence-corrected chi connectivity index (χ4v) is 2.99. The number of nitrogens with one attached hydrogen (secondary N) is 2. The van der Waals surface area contributed by atoms with E-state index in [2.05, 4.69) is 20.5 Å². The van der Waals surface area contributed by atoms with Crippen LogP contribution in [-0.4, -0.2) is 42.0 Å². The third kappa shape index (κ3) is 5.45. The number of halogens is 3. The van der Waals surface area contributed by atoms with Gasteiger partial charge in [-0.1, -0.05) is 6.07 Å². The predicted octanol–water partition coefficient (Wildman–Crippen LogP) is 2.04. The third-order valence-electron chi connectivity index (χ3n) is 4.18. The number of nitrogens with zero attached hydrogens (tertiary/aromatic N) is 2. The first-order chi connectivity index (χ1) is 12.1. The Morgan fingerprint density at radius 3 is 2.77 bits per heavy atom. The average Bonchev–Trinajstić information content (AvgIpc) is 2.60. The van der Waals surface area contributed by atoms with E-state index in [-0.39, 0.29) is 37.4 Å². The van der Waals surface area contributed by atoms with Gasteiger partial charge in [-0.05, 0) is 29.3 Å².